The fraction of sp³-hybridized carbons (Fsp3) is 0.120. The molecule has 0 saturated heterocycles. The number of nitrogens with two attached hydrogens (primary N) is 1. The summed E-state index contributed by atoms with van der Waals surface area (Å²) in [5.74, 6) is -0.897. The number of nitrogen functional groups attached to an aromatic ring is 1. The Kier molecular flexibility index (Phi) is 5.56. The van der Waals surface area contributed by atoms with Crippen LogP contribution in [0.5, 0.6) is 0 Å². The van der Waals surface area contributed by atoms with Crippen LogP contribution in [0.1, 0.15) is 18.7 Å². The predicted octanol–water partition coefficient (Wildman–Crippen LogP) is 4.14. The van der Waals surface area contributed by atoms with Gasteiger partial charge in [-0.3, -0.25) is 9.20 Å². The third-order valence-corrected chi connectivity index (χ3v) is 7.18. The van der Waals surface area contributed by atoms with Gasteiger partial charge in [-0.15, -0.1) is 0 Å². The number of pyridine rings is 1. The Morgan fingerprint density at radius 1 is 1.11 bits per heavy atom. The molecule has 0 bridgehead atoms. The number of nitrogens with zero attached hydrogens (tertiary/aromatic N) is 7. The van der Waals surface area contributed by atoms with Crippen molar-refractivity contribution in [3.63, 3.8) is 0 Å². The van der Waals surface area contributed by atoms with Gasteiger partial charge in [-0.1, -0.05) is 23.5 Å². The topological polar surface area (TPSA) is 129 Å². The summed E-state index contributed by atoms with van der Waals surface area (Å²) in [6.45, 7) is 1.80. The molecule has 10 nitrogen and oxygen atoms in total. The molecule has 3 N–H and O–H groups in total. The minimum absolute atomic E-state index is 0.114. The Morgan fingerprint density at radius 2 is 1.95 bits per heavy atom. The third kappa shape index (κ3) is 3.75. The fourth-order valence-electron chi connectivity index (χ4n) is 4.40. The highest BCUT2D eigenvalue weighted by molar-refractivity contribution is 7.18. The smallest absolute Gasteiger partial charge is 0.266 e. The molecule has 6 rings (SSSR count). The van der Waals surface area contributed by atoms with Crippen molar-refractivity contribution in [3.05, 3.63) is 82.8 Å². The van der Waals surface area contributed by atoms with Crippen LogP contribution >= 0.6 is 11.3 Å². The minimum Gasteiger partial charge on any atom is -0.383 e. The summed E-state index contributed by atoms with van der Waals surface area (Å²) in [7, 11) is 1.77. The maximum Gasteiger partial charge on any atom is 0.266 e. The minimum atomic E-state index is -0.668. The van der Waals surface area contributed by atoms with E-state index in [-0.39, 0.29) is 17.0 Å². The highest BCUT2D eigenvalue weighted by atomic mass is 32.1. The standard InChI is InChI=1S/C25H19F2N9OS/c1-12(36-23-19(22(28)31-11-32-23)21(34-36)16-9-30-25(29-2)38-16)20-18(13-4-3-5-14(26)8-13)24(37)35-10-15(27)6-7-17(35)33-20/h3-12H,1-2H3,(H,29,30)(H2,28,31,32)/t12-/m0/s1. The Labute approximate surface area is 217 Å². The first kappa shape index (κ1) is 23.6. The molecule has 0 spiro atoms. The fourth-order valence-corrected chi connectivity index (χ4v) is 5.16. The van der Waals surface area contributed by atoms with Crippen LogP contribution in [0.4, 0.5) is 19.7 Å². The molecule has 0 saturated carbocycles. The first-order chi connectivity index (χ1) is 18.4. The van der Waals surface area contributed by atoms with E-state index in [0.717, 1.165) is 15.5 Å². The molecule has 5 heterocycles. The van der Waals surface area contributed by atoms with E-state index in [1.807, 2.05) is 0 Å². The molecule has 5 aromatic heterocycles. The molecule has 190 valence electrons. The number of thiazole rings is 1. The molecule has 0 aliphatic heterocycles. The van der Waals surface area contributed by atoms with Crippen LogP contribution in [0.25, 0.3) is 38.4 Å². The molecule has 13 heteroatoms. The number of halogens is 2. The molecular formula is C25H19F2N9OS. The molecule has 1 aromatic carbocycles. The predicted molar refractivity (Wildman–Crippen MR) is 141 cm³/mol. The van der Waals surface area contributed by atoms with Gasteiger partial charge < -0.3 is 11.1 Å². The Bertz CT molecular complexity index is 1910. The molecule has 0 fully saturated rings. The van der Waals surface area contributed by atoms with Crippen LogP contribution in [-0.4, -0.2) is 41.2 Å². The maximum absolute atomic E-state index is 14.2. The third-order valence-electron chi connectivity index (χ3n) is 6.16. The van der Waals surface area contributed by atoms with E-state index in [1.165, 1.54) is 48.0 Å². The number of nitrogens with one attached hydrogen (secondary N) is 1. The van der Waals surface area contributed by atoms with Crippen LogP contribution in [0, 0.1) is 11.6 Å². The summed E-state index contributed by atoms with van der Waals surface area (Å²) in [6.07, 6.45) is 4.06. The lowest BCUT2D eigenvalue weighted by Crippen LogP contribution is -2.23. The average Bonchev–Trinajstić information content (AvgIpc) is 3.54. The van der Waals surface area contributed by atoms with Crippen molar-refractivity contribution >= 4 is 39.0 Å². The molecule has 0 aliphatic rings. The van der Waals surface area contributed by atoms with Gasteiger partial charge in [0.2, 0.25) is 0 Å². The van der Waals surface area contributed by atoms with Gasteiger partial charge in [-0.25, -0.2) is 33.4 Å². The van der Waals surface area contributed by atoms with Crippen molar-refractivity contribution in [3.8, 4) is 21.7 Å². The van der Waals surface area contributed by atoms with Crippen LogP contribution in [-0.2, 0) is 0 Å². The zero-order valence-corrected chi connectivity index (χ0v) is 20.9. The van der Waals surface area contributed by atoms with Crippen LogP contribution in [0.15, 0.2) is 59.9 Å². The first-order valence-corrected chi connectivity index (χ1v) is 12.3. The van der Waals surface area contributed by atoms with E-state index in [4.69, 9.17) is 15.8 Å². The molecule has 38 heavy (non-hydrogen) atoms. The van der Waals surface area contributed by atoms with E-state index < -0.39 is 23.2 Å². The van der Waals surface area contributed by atoms with Gasteiger partial charge in [0, 0.05) is 19.4 Å². The summed E-state index contributed by atoms with van der Waals surface area (Å²) in [5.41, 5.74) is 7.60. The van der Waals surface area contributed by atoms with Crippen molar-refractivity contribution in [1.82, 2.24) is 34.1 Å². The number of benzene rings is 1. The molecule has 0 unspecified atom stereocenters. The SMILES string of the molecule is CNc1ncc(-c2nn([C@@H](C)c3nc4ccc(F)cn4c(=O)c3-c3cccc(F)c3)c3ncnc(N)c23)s1. The second kappa shape index (κ2) is 8.95. The lowest BCUT2D eigenvalue weighted by atomic mass is 10.0. The molecule has 1 atom stereocenters. The quantitative estimate of drug-likeness (QED) is 0.340. The van der Waals surface area contributed by atoms with Gasteiger partial charge in [0.05, 0.1) is 27.6 Å². The number of anilines is 2. The average molecular weight is 532 g/mol. The molecule has 6 aromatic rings. The summed E-state index contributed by atoms with van der Waals surface area (Å²) in [6, 6.07) is 7.58. The molecular weight excluding hydrogens is 512 g/mol. The van der Waals surface area contributed by atoms with Gasteiger partial charge in [-0.05, 0) is 36.8 Å². The van der Waals surface area contributed by atoms with Crippen molar-refractivity contribution in [2.45, 2.75) is 13.0 Å². The monoisotopic (exact) mass is 531 g/mol. The number of fused-ring (bicyclic) bond motifs is 2. The highest BCUT2D eigenvalue weighted by Crippen LogP contribution is 2.37. The largest absolute Gasteiger partial charge is 0.383 e. The zero-order chi connectivity index (χ0) is 26.6. The van der Waals surface area contributed by atoms with Crippen LogP contribution < -0.4 is 16.6 Å². The summed E-state index contributed by atoms with van der Waals surface area (Å²) in [4.78, 5) is 32.0. The highest BCUT2D eigenvalue weighted by Gasteiger charge is 2.27. The molecule has 0 radical (unpaired) electrons. The van der Waals surface area contributed by atoms with Crippen molar-refractivity contribution < 1.29 is 8.78 Å². The normalized spacial score (nSPS) is 12.3. The number of hydrogen-bond donors (Lipinski definition) is 2. The van der Waals surface area contributed by atoms with E-state index in [0.29, 0.717) is 33.1 Å². The lowest BCUT2D eigenvalue weighted by molar-refractivity contribution is 0.566. The number of hydrogen-bond acceptors (Lipinski definition) is 9. The van der Waals surface area contributed by atoms with Gasteiger partial charge >= 0.3 is 0 Å². The first-order valence-electron chi connectivity index (χ1n) is 11.5. The van der Waals surface area contributed by atoms with E-state index in [2.05, 4.69) is 20.3 Å². The Balaban J connectivity index is 1.64. The van der Waals surface area contributed by atoms with Crippen molar-refractivity contribution in [2.24, 2.45) is 0 Å². The second-order valence-corrected chi connectivity index (χ2v) is 9.50. The molecule has 0 amide bonds. The summed E-state index contributed by atoms with van der Waals surface area (Å²) >= 11 is 1.38. The van der Waals surface area contributed by atoms with Gasteiger partial charge in [0.25, 0.3) is 5.56 Å². The van der Waals surface area contributed by atoms with E-state index in [9.17, 15) is 13.6 Å². The number of rotatable bonds is 5. The van der Waals surface area contributed by atoms with E-state index in [1.54, 1.807) is 30.9 Å². The number of aromatic nitrogens is 7. The van der Waals surface area contributed by atoms with Crippen molar-refractivity contribution in [1.29, 1.82) is 0 Å². The van der Waals surface area contributed by atoms with Gasteiger partial charge in [0.1, 0.15) is 35.1 Å². The van der Waals surface area contributed by atoms with Crippen LogP contribution in [0.2, 0.25) is 0 Å². The summed E-state index contributed by atoms with van der Waals surface area (Å²) in [5, 5.41) is 9.03. The second-order valence-electron chi connectivity index (χ2n) is 8.47. The van der Waals surface area contributed by atoms with Crippen molar-refractivity contribution in [2.75, 3.05) is 18.1 Å². The van der Waals surface area contributed by atoms with E-state index >= 15 is 0 Å². The lowest BCUT2D eigenvalue weighted by Gasteiger charge is -2.18. The Morgan fingerprint density at radius 3 is 2.71 bits per heavy atom. The zero-order valence-electron chi connectivity index (χ0n) is 20.1. The maximum atomic E-state index is 14.2. The van der Waals surface area contributed by atoms with Gasteiger partial charge in [0.15, 0.2) is 10.8 Å². The van der Waals surface area contributed by atoms with Crippen LogP contribution in [0.3, 0.4) is 0 Å². The summed E-state index contributed by atoms with van der Waals surface area (Å²) < 4.78 is 31.0. The molecule has 0 aliphatic carbocycles. The Hall–Kier alpha value is -4.78. The van der Waals surface area contributed by atoms with Gasteiger partial charge in [-0.2, -0.15) is 5.10 Å².